The predicted octanol–water partition coefficient (Wildman–Crippen LogP) is 3.74. The molecule has 1 amide bonds. The first-order valence-corrected chi connectivity index (χ1v) is 8.43. The van der Waals surface area contributed by atoms with E-state index in [2.05, 4.69) is 18.3 Å². The van der Waals surface area contributed by atoms with Gasteiger partial charge in [-0.05, 0) is 49.9 Å². The van der Waals surface area contributed by atoms with Crippen molar-refractivity contribution in [2.45, 2.75) is 52.4 Å². The second kappa shape index (κ2) is 8.52. The molecule has 0 aliphatic heterocycles. The van der Waals surface area contributed by atoms with E-state index in [4.69, 9.17) is 9.52 Å². The smallest absolute Gasteiger partial charge is 0.303 e. The van der Waals surface area contributed by atoms with E-state index in [0.29, 0.717) is 19.4 Å². The molecule has 0 saturated carbocycles. The normalized spacial score (nSPS) is 10.9. The van der Waals surface area contributed by atoms with Crippen LogP contribution in [0.5, 0.6) is 0 Å². The van der Waals surface area contributed by atoms with Gasteiger partial charge < -0.3 is 14.8 Å². The number of carbonyl (C=O) groups is 2. The molecule has 0 aliphatic carbocycles. The van der Waals surface area contributed by atoms with E-state index in [-0.39, 0.29) is 12.3 Å². The number of carbonyl (C=O) groups excluding carboxylic acids is 1. The molecule has 1 aromatic heterocycles. The highest BCUT2D eigenvalue weighted by Gasteiger charge is 2.11. The number of unbranched alkanes of at least 4 members (excludes halogenated alkanes) is 3. The third-order valence-electron chi connectivity index (χ3n) is 4.26. The van der Waals surface area contributed by atoms with Gasteiger partial charge in [-0.15, -0.1) is 0 Å². The van der Waals surface area contributed by atoms with Crippen molar-refractivity contribution in [2.24, 2.45) is 0 Å². The fraction of sp³-hybridized carbons (Fsp3) is 0.474. The lowest BCUT2D eigenvalue weighted by molar-refractivity contribution is -0.137. The van der Waals surface area contributed by atoms with E-state index in [0.717, 1.165) is 35.8 Å². The van der Waals surface area contributed by atoms with E-state index in [1.54, 1.807) is 6.26 Å². The van der Waals surface area contributed by atoms with Gasteiger partial charge in [-0.3, -0.25) is 9.59 Å². The molecule has 0 saturated heterocycles. The van der Waals surface area contributed by atoms with Crippen molar-refractivity contribution in [2.75, 3.05) is 6.54 Å². The molecule has 5 nitrogen and oxygen atoms in total. The summed E-state index contributed by atoms with van der Waals surface area (Å²) in [7, 11) is 0. The molecule has 1 heterocycles. The van der Waals surface area contributed by atoms with E-state index in [1.165, 1.54) is 11.1 Å². The first kappa shape index (κ1) is 18.0. The summed E-state index contributed by atoms with van der Waals surface area (Å²) in [6, 6.07) is 4.07. The van der Waals surface area contributed by atoms with Gasteiger partial charge in [0.1, 0.15) is 5.58 Å². The first-order chi connectivity index (χ1) is 11.5. The molecule has 5 heteroatoms. The third kappa shape index (κ3) is 5.11. The summed E-state index contributed by atoms with van der Waals surface area (Å²) in [4.78, 5) is 22.5. The van der Waals surface area contributed by atoms with Crippen molar-refractivity contribution in [1.29, 1.82) is 0 Å². The van der Waals surface area contributed by atoms with Crippen molar-refractivity contribution in [3.05, 3.63) is 35.1 Å². The lowest BCUT2D eigenvalue weighted by Gasteiger charge is -2.05. The van der Waals surface area contributed by atoms with Crippen LogP contribution in [-0.4, -0.2) is 23.5 Å². The number of rotatable bonds is 9. The van der Waals surface area contributed by atoms with Gasteiger partial charge in [-0.2, -0.15) is 0 Å². The fourth-order valence-electron chi connectivity index (χ4n) is 2.69. The average Bonchev–Trinajstić information content (AvgIpc) is 2.88. The molecule has 2 aromatic rings. The monoisotopic (exact) mass is 331 g/mol. The maximum Gasteiger partial charge on any atom is 0.303 e. The summed E-state index contributed by atoms with van der Waals surface area (Å²) in [5.41, 5.74) is 4.09. The van der Waals surface area contributed by atoms with Crippen LogP contribution in [0.2, 0.25) is 0 Å². The SMILES string of the molecule is Cc1cc2occ(CC(=O)NCCCCCCC(=O)O)c2cc1C. The van der Waals surface area contributed by atoms with Crippen LogP contribution in [0.1, 0.15) is 48.8 Å². The van der Waals surface area contributed by atoms with Crippen molar-refractivity contribution < 1.29 is 19.1 Å². The Balaban J connectivity index is 1.75. The Bertz CT molecular complexity index is 717. The molecular weight excluding hydrogens is 306 g/mol. The molecule has 130 valence electrons. The zero-order valence-electron chi connectivity index (χ0n) is 14.4. The number of amides is 1. The van der Waals surface area contributed by atoms with Crippen LogP contribution in [0.25, 0.3) is 11.0 Å². The molecule has 0 radical (unpaired) electrons. The minimum absolute atomic E-state index is 0.0125. The Morgan fingerprint density at radius 3 is 2.54 bits per heavy atom. The highest BCUT2D eigenvalue weighted by molar-refractivity contribution is 5.88. The second-order valence-corrected chi connectivity index (χ2v) is 6.28. The lowest BCUT2D eigenvalue weighted by atomic mass is 10.0. The Morgan fingerprint density at radius 2 is 1.79 bits per heavy atom. The first-order valence-electron chi connectivity index (χ1n) is 8.43. The molecule has 0 atom stereocenters. The number of hydrogen-bond donors (Lipinski definition) is 2. The van der Waals surface area contributed by atoms with Crippen molar-refractivity contribution in [3.8, 4) is 0 Å². The van der Waals surface area contributed by atoms with Gasteiger partial charge in [0.25, 0.3) is 0 Å². The molecular formula is C19H25NO4. The number of hydrogen-bond acceptors (Lipinski definition) is 3. The summed E-state index contributed by atoms with van der Waals surface area (Å²) in [6.45, 7) is 4.72. The maximum absolute atomic E-state index is 12.1. The molecule has 24 heavy (non-hydrogen) atoms. The van der Waals surface area contributed by atoms with Crippen LogP contribution < -0.4 is 5.32 Å². The fourth-order valence-corrected chi connectivity index (χ4v) is 2.69. The quantitative estimate of drug-likeness (QED) is 0.686. The molecule has 0 spiro atoms. The summed E-state index contributed by atoms with van der Waals surface area (Å²) in [5, 5.41) is 12.5. The molecule has 0 unspecified atom stereocenters. The number of furan rings is 1. The van der Waals surface area contributed by atoms with Crippen LogP contribution in [0.4, 0.5) is 0 Å². The average molecular weight is 331 g/mol. The van der Waals surface area contributed by atoms with Gasteiger partial charge in [-0.25, -0.2) is 0 Å². The van der Waals surface area contributed by atoms with E-state index >= 15 is 0 Å². The molecule has 0 bridgehead atoms. The Morgan fingerprint density at radius 1 is 1.08 bits per heavy atom. The van der Waals surface area contributed by atoms with Gasteiger partial charge in [-0.1, -0.05) is 12.8 Å². The largest absolute Gasteiger partial charge is 0.481 e. The predicted molar refractivity (Wildman–Crippen MR) is 93.1 cm³/mol. The van der Waals surface area contributed by atoms with Crippen LogP contribution in [-0.2, 0) is 16.0 Å². The summed E-state index contributed by atoms with van der Waals surface area (Å²) in [6.07, 6.45) is 5.58. The maximum atomic E-state index is 12.1. The molecule has 1 aromatic carbocycles. The minimum Gasteiger partial charge on any atom is -0.481 e. The minimum atomic E-state index is -0.749. The standard InChI is InChI=1S/C19H25NO4/c1-13-9-16-15(12-24-17(16)10-14(13)2)11-18(21)20-8-6-4-3-5-7-19(22)23/h9-10,12H,3-8,11H2,1-2H3,(H,20,21)(H,22,23). The van der Waals surface area contributed by atoms with Crippen LogP contribution >= 0.6 is 0 Å². The number of benzene rings is 1. The van der Waals surface area contributed by atoms with Crippen molar-refractivity contribution in [1.82, 2.24) is 5.32 Å². The topological polar surface area (TPSA) is 79.5 Å². The van der Waals surface area contributed by atoms with Gasteiger partial charge >= 0.3 is 5.97 Å². The van der Waals surface area contributed by atoms with E-state index in [9.17, 15) is 9.59 Å². The number of aryl methyl sites for hydroxylation is 2. The van der Waals surface area contributed by atoms with Gasteiger partial charge in [0.15, 0.2) is 0 Å². The van der Waals surface area contributed by atoms with E-state index in [1.807, 2.05) is 13.0 Å². The Kier molecular flexibility index (Phi) is 6.41. The zero-order valence-corrected chi connectivity index (χ0v) is 14.4. The summed E-state index contributed by atoms with van der Waals surface area (Å²) in [5.74, 6) is -0.762. The van der Waals surface area contributed by atoms with Crippen LogP contribution in [0.15, 0.2) is 22.8 Å². The Labute approximate surface area is 142 Å². The Hall–Kier alpha value is -2.30. The van der Waals surface area contributed by atoms with Crippen molar-refractivity contribution >= 4 is 22.8 Å². The zero-order chi connectivity index (χ0) is 17.5. The molecule has 0 aliphatic rings. The molecule has 2 N–H and O–H groups in total. The number of nitrogens with one attached hydrogen (secondary N) is 1. The highest BCUT2D eigenvalue weighted by Crippen LogP contribution is 2.25. The number of aliphatic carboxylic acids is 1. The number of carboxylic acids is 1. The number of fused-ring (bicyclic) bond motifs is 1. The third-order valence-corrected chi connectivity index (χ3v) is 4.26. The summed E-state index contributed by atoms with van der Waals surface area (Å²) >= 11 is 0. The van der Waals surface area contributed by atoms with Crippen LogP contribution in [0.3, 0.4) is 0 Å². The second-order valence-electron chi connectivity index (χ2n) is 6.28. The highest BCUT2D eigenvalue weighted by atomic mass is 16.4. The van der Waals surface area contributed by atoms with Crippen LogP contribution in [0, 0.1) is 13.8 Å². The van der Waals surface area contributed by atoms with Gasteiger partial charge in [0, 0.05) is 23.9 Å². The summed E-state index contributed by atoms with van der Waals surface area (Å²) < 4.78 is 5.55. The van der Waals surface area contributed by atoms with E-state index < -0.39 is 5.97 Å². The lowest BCUT2D eigenvalue weighted by Crippen LogP contribution is -2.26. The number of carboxylic acid groups (broad SMARTS) is 1. The van der Waals surface area contributed by atoms with Gasteiger partial charge in [0.05, 0.1) is 12.7 Å². The molecule has 0 fully saturated rings. The molecule has 2 rings (SSSR count). The van der Waals surface area contributed by atoms with Gasteiger partial charge in [0.2, 0.25) is 5.91 Å². The van der Waals surface area contributed by atoms with Crippen molar-refractivity contribution in [3.63, 3.8) is 0 Å².